The van der Waals surface area contributed by atoms with Crippen LogP contribution in [-0.4, -0.2) is 46.8 Å². The topological polar surface area (TPSA) is 157 Å². The van der Waals surface area contributed by atoms with Gasteiger partial charge in [-0.15, -0.1) is 0 Å². The summed E-state index contributed by atoms with van der Waals surface area (Å²) < 4.78 is 18.0. The highest BCUT2D eigenvalue weighted by Crippen LogP contribution is 2.38. The SMILES string of the molecule is COc1cc(C(=O)Nc2cnc3c(c2)c(=O)n(C)c(=O)n3C)cc(OC)c1OCC(N)=O. The second-order valence-corrected chi connectivity index (χ2v) is 6.72. The number of primary amides is 1. The first-order chi connectivity index (χ1) is 15.2. The Balaban J connectivity index is 1.98. The van der Waals surface area contributed by atoms with E-state index in [2.05, 4.69) is 10.3 Å². The van der Waals surface area contributed by atoms with Crippen molar-refractivity contribution in [3.05, 3.63) is 50.8 Å². The van der Waals surface area contributed by atoms with Crippen molar-refractivity contribution < 1.29 is 23.8 Å². The summed E-state index contributed by atoms with van der Waals surface area (Å²) in [5.41, 5.74) is 4.64. The van der Waals surface area contributed by atoms with E-state index in [1.807, 2.05) is 0 Å². The molecule has 0 spiro atoms. The zero-order valence-electron chi connectivity index (χ0n) is 17.8. The minimum absolute atomic E-state index is 0.113. The highest BCUT2D eigenvalue weighted by Gasteiger charge is 2.19. The normalized spacial score (nSPS) is 10.6. The third kappa shape index (κ3) is 4.10. The molecule has 2 aromatic heterocycles. The van der Waals surface area contributed by atoms with Gasteiger partial charge < -0.3 is 25.3 Å². The van der Waals surface area contributed by atoms with Crippen LogP contribution in [-0.2, 0) is 18.9 Å². The number of methoxy groups -OCH3 is 2. The number of aryl methyl sites for hydroxylation is 1. The lowest BCUT2D eigenvalue weighted by Gasteiger charge is -2.15. The summed E-state index contributed by atoms with van der Waals surface area (Å²) in [6, 6.07) is 4.22. The minimum Gasteiger partial charge on any atom is -0.493 e. The fraction of sp³-hybridized carbons (Fsp3) is 0.250. The van der Waals surface area contributed by atoms with Crippen molar-refractivity contribution in [3.8, 4) is 17.2 Å². The molecule has 0 radical (unpaired) electrons. The lowest BCUT2D eigenvalue weighted by Crippen LogP contribution is -2.37. The predicted octanol–water partition coefficient (Wildman–Crippen LogP) is -0.234. The molecule has 0 saturated heterocycles. The van der Waals surface area contributed by atoms with Gasteiger partial charge in [0, 0.05) is 19.7 Å². The number of hydrogen-bond acceptors (Lipinski definition) is 8. The smallest absolute Gasteiger partial charge is 0.332 e. The van der Waals surface area contributed by atoms with Gasteiger partial charge in [-0.3, -0.25) is 23.5 Å². The minimum atomic E-state index is -0.691. The predicted molar refractivity (Wildman–Crippen MR) is 114 cm³/mol. The van der Waals surface area contributed by atoms with Gasteiger partial charge in [0.2, 0.25) is 5.75 Å². The van der Waals surface area contributed by atoms with Gasteiger partial charge in [-0.1, -0.05) is 0 Å². The van der Waals surface area contributed by atoms with Crippen molar-refractivity contribution in [1.82, 2.24) is 14.1 Å². The number of rotatable bonds is 7. The first-order valence-corrected chi connectivity index (χ1v) is 9.22. The molecule has 0 aliphatic carbocycles. The van der Waals surface area contributed by atoms with Gasteiger partial charge in [-0.25, -0.2) is 9.78 Å². The van der Waals surface area contributed by atoms with E-state index in [9.17, 15) is 19.2 Å². The average molecular weight is 443 g/mol. The molecule has 1 aromatic carbocycles. The maximum absolute atomic E-state index is 12.8. The molecular formula is C20H21N5O7. The largest absolute Gasteiger partial charge is 0.493 e. The first kappa shape index (κ1) is 22.3. The Morgan fingerprint density at radius 3 is 2.25 bits per heavy atom. The van der Waals surface area contributed by atoms with Crippen LogP contribution in [0.5, 0.6) is 17.2 Å². The number of hydrogen-bond donors (Lipinski definition) is 2. The lowest BCUT2D eigenvalue weighted by molar-refractivity contribution is -0.120. The number of nitrogens with two attached hydrogens (primary N) is 1. The Bertz CT molecular complexity index is 1320. The van der Waals surface area contributed by atoms with Crippen LogP contribution in [0.25, 0.3) is 11.0 Å². The highest BCUT2D eigenvalue weighted by molar-refractivity contribution is 6.05. The maximum Gasteiger partial charge on any atom is 0.332 e. The summed E-state index contributed by atoms with van der Waals surface area (Å²) in [4.78, 5) is 52.5. The van der Waals surface area contributed by atoms with Crippen LogP contribution >= 0.6 is 0 Å². The van der Waals surface area contributed by atoms with Crippen LogP contribution < -0.4 is 36.5 Å². The van der Waals surface area contributed by atoms with Gasteiger partial charge in [-0.2, -0.15) is 0 Å². The summed E-state index contributed by atoms with van der Waals surface area (Å²) in [6.45, 7) is -0.404. The zero-order chi connectivity index (χ0) is 23.6. The summed E-state index contributed by atoms with van der Waals surface area (Å²) >= 11 is 0. The van der Waals surface area contributed by atoms with E-state index >= 15 is 0 Å². The van der Waals surface area contributed by atoms with Crippen LogP contribution in [0.2, 0.25) is 0 Å². The summed E-state index contributed by atoms with van der Waals surface area (Å²) in [7, 11) is 5.58. The molecule has 2 amide bonds. The van der Waals surface area contributed by atoms with Crippen molar-refractivity contribution in [2.24, 2.45) is 19.8 Å². The number of carbonyl (C=O) groups is 2. The fourth-order valence-electron chi connectivity index (χ4n) is 3.03. The molecule has 12 heteroatoms. The summed E-state index contributed by atoms with van der Waals surface area (Å²) in [5, 5.41) is 2.81. The van der Waals surface area contributed by atoms with Crippen molar-refractivity contribution in [2.75, 3.05) is 26.1 Å². The van der Waals surface area contributed by atoms with Gasteiger partial charge in [0.15, 0.2) is 18.1 Å². The van der Waals surface area contributed by atoms with Gasteiger partial charge in [0.05, 0.1) is 31.5 Å². The van der Waals surface area contributed by atoms with Crippen LogP contribution in [0, 0.1) is 0 Å². The molecule has 3 aromatic rings. The number of nitrogens with zero attached hydrogens (tertiary/aromatic N) is 3. The molecule has 0 bridgehead atoms. The standard InChI is InChI=1S/C20H21N5O7/c1-24-17-12(19(28)25(2)20(24)29)7-11(8-22-17)23-18(27)10-5-13(30-3)16(14(6-10)31-4)32-9-15(21)26/h5-8H,9H2,1-4H3,(H2,21,26)(H,23,27). The van der Waals surface area contributed by atoms with E-state index in [0.717, 1.165) is 4.57 Å². The number of carbonyl (C=O) groups excluding carboxylic acids is 2. The average Bonchev–Trinajstić information content (AvgIpc) is 2.79. The van der Waals surface area contributed by atoms with E-state index in [-0.39, 0.29) is 39.5 Å². The number of pyridine rings is 1. The zero-order valence-corrected chi connectivity index (χ0v) is 17.8. The molecule has 3 N–H and O–H groups in total. The molecule has 0 saturated carbocycles. The van der Waals surface area contributed by atoms with Gasteiger partial charge in [0.25, 0.3) is 17.4 Å². The van der Waals surface area contributed by atoms with Gasteiger partial charge in [0.1, 0.15) is 5.65 Å². The first-order valence-electron chi connectivity index (χ1n) is 9.22. The molecule has 12 nitrogen and oxygen atoms in total. The maximum atomic E-state index is 12.8. The second-order valence-electron chi connectivity index (χ2n) is 6.72. The summed E-state index contributed by atoms with van der Waals surface area (Å²) in [6.07, 6.45) is 1.33. The molecule has 0 fully saturated rings. The molecule has 2 heterocycles. The second kappa shape index (κ2) is 8.79. The van der Waals surface area contributed by atoms with E-state index < -0.39 is 29.7 Å². The number of fused-ring (bicyclic) bond motifs is 1. The van der Waals surface area contributed by atoms with E-state index in [1.54, 1.807) is 0 Å². The number of anilines is 1. The molecular weight excluding hydrogens is 422 g/mol. The molecule has 0 unspecified atom stereocenters. The Hall–Kier alpha value is -4.35. The van der Waals surface area contributed by atoms with E-state index in [0.29, 0.717) is 0 Å². The van der Waals surface area contributed by atoms with E-state index in [1.165, 1.54) is 57.3 Å². The molecule has 32 heavy (non-hydrogen) atoms. The Kier molecular flexibility index (Phi) is 6.14. The van der Waals surface area contributed by atoms with Crippen molar-refractivity contribution in [3.63, 3.8) is 0 Å². The van der Waals surface area contributed by atoms with Gasteiger partial charge in [-0.05, 0) is 18.2 Å². The molecule has 0 aliphatic heterocycles. The van der Waals surface area contributed by atoms with Crippen molar-refractivity contribution in [2.45, 2.75) is 0 Å². The Labute approximate surface area is 181 Å². The molecule has 168 valence electrons. The molecule has 3 rings (SSSR count). The Morgan fingerprint density at radius 2 is 1.69 bits per heavy atom. The number of aromatic nitrogens is 3. The third-order valence-electron chi connectivity index (χ3n) is 4.63. The Morgan fingerprint density at radius 1 is 1.06 bits per heavy atom. The molecule has 0 atom stereocenters. The number of benzene rings is 1. The lowest BCUT2D eigenvalue weighted by atomic mass is 10.1. The summed E-state index contributed by atoms with van der Waals surface area (Å²) in [5.74, 6) is -0.830. The third-order valence-corrected chi connectivity index (χ3v) is 4.63. The highest BCUT2D eigenvalue weighted by atomic mass is 16.5. The number of nitrogens with one attached hydrogen (secondary N) is 1. The van der Waals surface area contributed by atoms with Crippen LogP contribution in [0.3, 0.4) is 0 Å². The van der Waals surface area contributed by atoms with Crippen LogP contribution in [0.4, 0.5) is 5.69 Å². The number of amides is 2. The van der Waals surface area contributed by atoms with Crippen molar-refractivity contribution in [1.29, 1.82) is 0 Å². The molecule has 0 aliphatic rings. The quantitative estimate of drug-likeness (QED) is 0.507. The van der Waals surface area contributed by atoms with Gasteiger partial charge >= 0.3 is 5.69 Å². The fourth-order valence-corrected chi connectivity index (χ4v) is 3.03. The monoisotopic (exact) mass is 443 g/mol. The van der Waals surface area contributed by atoms with E-state index in [4.69, 9.17) is 19.9 Å². The van der Waals surface area contributed by atoms with Crippen LogP contribution in [0.1, 0.15) is 10.4 Å². The van der Waals surface area contributed by atoms with Crippen LogP contribution in [0.15, 0.2) is 34.0 Å². The number of ether oxygens (including phenoxy) is 3. The van der Waals surface area contributed by atoms with Crippen molar-refractivity contribution >= 4 is 28.5 Å².